The molecule has 0 spiro atoms. The van der Waals surface area contributed by atoms with E-state index in [4.69, 9.17) is 9.47 Å². The monoisotopic (exact) mass is 455 g/mol. The van der Waals surface area contributed by atoms with Crippen LogP contribution in [0.5, 0.6) is 5.75 Å². The fourth-order valence-corrected chi connectivity index (χ4v) is 5.03. The number of anilines is 1. The van der Waals surface area contributed by atoms with Gasteiger partial charge in [0.2, 0.25) is 0 Å². The highest BCUT2D eigenvalue weighted by atomic mass is 16.5. The first kappa shape index (κ1) is 23.6. The molecule has 4 rings (SSSR count). The molecule has 4 heteroatoms. The van der Waals surface area contributed by atoms with Crippen molar-refractivity contribution in [3.8, 4) is 5.75 Å². The summed E-state index contributed by atoms with van der Waals surface area (Å²) in [6.45, 7) is 7.72. The maximum atomic E-state index is 11.5. The number of esters is 1. The van der Waals surface area contributed by atoms with Crippen LogP contribution in [0.15, 0.2) is 72.8 Å². The van der Waals surface area contributed by atoms with Crippen LogP contribution < -0.4 is 9.64 Å². The molecule has 176 valence electrons. The van der Waals surface area contributed by atoms with E-state index in [1.165, 1.54) is 41.1 Å². The third kappa shape index (κ3) is 4.33. The number of hydrogen-bond acceptors (Lipinski definition) is 4. The Balaban J connectivity index is 1.85. The lowest BCUT2D eigenvalue weighted by atomic mass is 9.76. The van der Waals surface area contributed by atoms with Gasteiger partial charge in [-0.2, -0.15) is 0 Å². The minimum Gasteiger partial charge on any atom is -0.497 e. The fraction of sp³-hybridized carbons (Fsp3) is 0.300. The van der Waals surface area contributed by atoms with Crippen molar-refractivity contribution in [1.29, 1.82) is 0 Å². The average Bonchev–Trinajstić information content (AvgIpc) is 2.87. The lowest BCUT2D eigenvalue weighted by Gasteiger charge is -2.49. The minimum absolute atomic E-state index is 0.359. The quantitative estimate of drug-likeness (QED) is 0.322. The predicted molar refractivity (Wildman–Crippen MR) is 139 cm³/mol. The van der Waals surface area contributed by atoms with Gasteiger partial charge in [0.25, 0.3) is 0 Å². The summed E-state index contributed by atoms with van der Waals surface area (Å²) < 4.78 is 10.2. The second kappa shape index (κ2) is 9.76. The van der Waals surface area contributed by atoms with E-state index in [2.05, 4.69) is 92.4 Å². The Hall–Kier alpha value is -3.53. The van der Waals surface area contributed by atoms with Gasteiger partial charge < -0.3 is 14.4 Å². The number of fused-ring (bicyclic) bond motifs is 1. The molecular weight excluding hydrogens is 422 g/mol. The molecule has 1 aliphatic heterocycles. The summed E-state index contributed by atoms with van der Waals surface area (Å²) >= 11 is 0. The maximum absolute atomic E-state index is 11.5. The molecule has 1 unspecified atom stereocenters. The van der Waals surface area contributed by atoms with Crippen LogP contribution in [0.2, 0.25) is 0 Å². The molecule has 0 radical (unpaired) electrons. The Morgan fingerprint density at radius 2 is 1.76 bits per heavy atom. The average molecular weight is 456 g/mol. The molecular formula is C30H33NO3. The zero-order valence-corrected chi connectivity index (χ0v) is 20.7. The summed E-state index contributed by atoms with van der Waals surface area (Å²) in [5.41, 5.74) is 7.02. The Labute approximate surface area is 202 Å². The molecule has 0 saturated heterocycles. The van der Waals surface area contributed by atoms with Crippen molar-refractivity contribution in [2.24, 2.45) is 0 Å². The highest BCUT2D eigenvalue weighted by molar-refractivity contribution is 5.86. The Bertz CT molecular complexity index is 1200. The second-order valence-corrected chi connectivity index (χ2v) is 9.19. The molecule has 0 amide bonds. The molecule has 0 bridgehead atoms. The third-order valence-corrected chi connectivity index (χ3v) is 6.92. The van der Waals surface area contributed by atoms with E-state index in [0.29, 0.717) is 5.92 Å². The van der Waals surface area contributed by atoms with Crippen molar-refractivity contribution < 1.29 is 14.3 Å². The third-order valence-electron chi connectivity index (χ3n) is 6.92. The van der Waals surface area contributed by atoms with Crippen LogP contribution in [0.25, 0.3) is 6.08 Å². The van der Waals surface area contributed by atoms with Crippen LogP contribution in [0.3, 0.4) is 0 Å². The maximum Gasteiger partial charge on any atom is 0.330 e. The molecule has 0 fully saturated rings. The summed E-state index contributed by atoms with van der Waals surface area (Å²) in [5.74, 6) is 0.951. The van der Waals surface area contributed by atoms with Gasteiger partial charge in [-0.3, -0.25) is 0 Å². The van der Waals surface area contributed by atoms with Crippen molar-refractivity contribution in [3.63, 3.8) is 0 Å². The van der Waals surface area contributed by atoms with Gasteiger partial charge in [-0.15, -0.1) is 0 Å². The lowest BCUT2D eigenvalue weighted by Crippen LogP contribution is -2.50. The van der Waals surface area contributed by atoms with Crippen LogP contribution in [0.4, 0.5) is 5.69 Å². The number of carbonyl (C=O) groups is 1. The standard InChI is InChI=1S/C30H33NO3/c1-21(2)26-8-6-7-9-28(26)31-19-18-23-20-25(33-4)15-16-27(23)30(31,3)24-13-10-22(11-14-24)12-17-29(32)34-5/h6-17,20-21H,18-19H2,1-5H3. The topological polar surface area (TPSA) is 38.8 Å². The van der Waals surface area contributed by atoms with E-state index in [9.17, 15) is 4.79 Å². The first-order chi connectivity index (χ1) is 16.4. The number of methoxy groups -OCH3 is 2. The SMILES string of the molecule is COC(=O)C=Cc1ccc(C2(C)c3ccc(OC)cc3CCN2c2ccccc2C(C)C)cc1. The van der Waals surface area contributed by atoms with Gasteiger partial charge in [-0.25, -0.2) is 4.79 Å². The number of benzene rings is 3. The van der Waals surface area contributed by atoms with Crippen LogP contribution in [0.1, 0.15) is 54.5 Å². The van der Waals surface area contributed by atoms with Crippen molar-refractivity contribution >= 4 is 17.7 Å². The van der Waals surface area contributed by atoms with Crippen LogP contribution >= 0.6 is 0 Å². The van der Waals surface area contributed by atoms with Gasteiger partial charge in [0.05, 0.1) is 19.8 Å². The van der Waals surface area contributed by atoms with E-state index < -0.39 is 0 Å². The molecule has 1 aliphatic rings. The van der Waals surface area contributed by atoms with Crippen molar-refractivity contribution in [2.75, 3.05) is 25.7 Å². The van der Waals surface area contributed by atoms with Gasteiger partial charge in [0, 0.05) is 18.3 Å². The predicted octanol–water partition coefficient (Wildman–Crippen LogP) is 6.33. The molecule has 0 aromatic heterocycles. The molecule has 0 saturated carbocycles. The first-order valence-corrected chi connectivity index (χ1v) is 11.8. The van der Waals surface area contributed by atoms with Gasteiger partial charge >= 0.3 is 5.97 Å². The van der Waals surface area contributed by atoms with Gasteiger partial charge in [0.1, 0.15) is 5.75 Å². The smallest absolute Gasteiger partial charge is 0.330 e. The molecule has 0 aliphatic carbocycles. The number of carbonyl (C=O) groups excluding carboxylic acids is 1. The number of hydrogen-bond donors (Lipinski definition) is 0. The van der Waals surface area contributed by atoms with E-state index in [0.717, 1.165) is 24.3 Å². The minimum atomic E-state index is -0.366. The number of rotatable bonds is 6. The Morgan fingerprint density at radius 1 is 1.03 bits per heavy atom. The van der Waals surface area contributed by atoms with E-state index in [1.807, 2.05) is 0 Å². The van der Waals surface area contributed by atoms with Crippen LogP contribution in [0, 0.1) is 0 Å². The lowest BCUT2D eigenvalue weighted by molar-refractivity contribution is -0.134. The van der Waals surface area contributed by atoms with E-state index in [-0.39, 0.29) is 11.5 Å². The van der Waals surface area contributed by atoms with E-state index >= 15 is 0 Å². The summed E-state index contributed by atoms with van der Waals surface area (Å²) in [7, 11) is 3.10. The number of nitrogens with zero attached hydrogens (tertiary/aromatic N) is 1. The van der Waals surface area contributed by atoms with Crippen molar-refractivity contribution in [3.05, 3.63) is 101 Å². The molecule has 34 heavy (non-hydrogen) atoms. The van der Waals surface area contributed by atoms with E-state index in [1.54, 1.807) is 13.2 Å². The first-order valence-electron chi connectivity index (χ1n) is 11.8. The highest BCUT2D eigenvalue weighted by Gasteiger charge is 2.41. The Kier molecular flexibility index (Phi) is 6.78. The fourth-order valence-electron chi connectivity index (χ4n) is 5.03. The largest absolute Gasteiger partial charge is 0.497 e. The molecule has 3 aromatic carbocycles. The number of para-hydroxylation sites is 1. The summed E-state index contributed by atoms with van der Waals surface area (Å²) in [6.07, 6.45) is 4.18. The summed E-state index contributed by atoms with van der Waals surface area (Å²) in [5, 5.41) is 0. The second-order valence-electron chi connectivity index (χ2n) is 9.19. The molecule has 1 heterocycles. The molecule has 0 N–H and O–H groups in total. The van der Waals surface area contributed by atoms with Gasteiger partial charge in [0.15, 0.2) is 0 Å². The zero-order chi connectivity index (χ0) is 24.3. The molecule has 4 nitrogen and oxygen atoms in total. The zero-order valence-electron chi connectivity index (χ0n) is 20.7. The molecule has 1 atom stereocenters. The normalized spacial score (nSPS) is 17.6. The number of ether oxygens (including phenoxy) is 2. The summed E-state index contributed by atoms with van der Waals surface area (Å²) in [6, 6.07) is 23.6. The highest BCUT2D eigenvalue weighted by Crippen LogP contribution is 2.46. The van der Waals surface area contributed by atoms with Crippen molar-refractivity contribution in [2.45, 2.75) is 38.6 Å². The molecule has 3 aromatic rings. The summed E-state index contributed by atoms with van der Waals surface area (Å²) in [4.78, 5) is 14.1. The van der Waals surface area contributed by atoms with Crippen molar-refractivity contribution in [1.82, 2.24) is 0 Å². The Morgan fingerprint density at radius 3 is 2.44 bits per heavy atom. The van der Waals surface area contributed by atoms with Gasteiger partial charge in [-0.1, -0.05) is 62.4 Å². The van der Waals surface area contributed by atoms with Crippen LogP contribution in [-0.4, -0.2) is 26.7 Å². The van der Waals surface area contributed by atoms with Crippen LogP contribution in [-0.2, 0) is 21.5 Å². The van der Waals surface area contributed by atoms with Gasteiger partial charge in [-0.05, 0) is 71.4 Å².